The molecule has 1 saturated heterocycles. The molecular formula is C24H40IN7O. The largest absolute Gasteiger partial charge is 0.496 e. The molecule has 0 bridgehead atoms. The number of aromatic nitrogens is 3. The second kappa shape index (κ2) is 15.1. The Balaban J connectivity index is 0.00000385. The van der Waals surface area contributed by atoms with E-state index in [1.165, 1.54) is 18.4 Å². The van der Waals surface area contributed by atoms with Crippen LogP contribution < -0.4 is 15.4 Å². The lowest BCUT2D eigenvalue weighted by Crippen LogP contribution is -2.40. The second-order valence-corrected chi connectivity index (χ2v) is 8.19. The maximum Gasteiger partial charge on any atom is 0.191 e. The molecule has 8 nitrogen and oxygen atoms in total. The molecule has 2 heterocycles. The molecule has 0 spiro atoms. The van der Waals surface area contributed by atoms with Gasteiger partial charge in [-0.25, -0.2) is 0 Å². The minimum atomic E-state index is 0. The Morgan fingerprint density at radius 2 is 1.91 bits per heavy atom. The highest BCUT2D eigenvalue weighted by atomic mass is 127. The summed E-state index contributed by atoms with van der Waals surface area (Å²) in [4.78, 5) is 7.55. The molecule has 1 aliphatic rings. The lowest BCUT2D eigenvalue weighted by Gasteiger charge is -2.28. The topological polar surface area (TPSA) is 79.6 Å². The summed E-state index contributed by atoms with van der Waals surface area (Å²) in [5.41, 5.74) is 1.21. The second-order valence-electron chi connectivity index (χ2n) is 8.19. The van der Waals surface area contributed by atoms with Crippen LogP contribution in [-0.4, -0.2) is 65.5 Å². The third-order valence-electron chi connectivity index (χ3n) is 5.98. The van der Waals surface area contributed by atoms with Crippen LogP contribution in [0.1, 0.15) is 57.0 Å². The molecule has 9 heteroatoms. The fourth-order valence-corrected chi connectivity index (χ4v) is 4.18. The summed E-state index contributed by atoms with van der Waals surface area (Å²) in [6.45, 7) is 9.71. The molecule has 33 heavy (non-hydrogen) atoms. The number of rotatable bonds is 12. The molecular weight excluding hydrogens is 529 g/mol. The fraction of sp³-hybridized carbons (Fsp3) is 0.625. The molecule has 1 fully saturated rings. The van der Waals surface area contributed by atoms with Crippen LogP contribution >= 0.6 is 24.0 Å². The normalized spacial score (nSPS) is 15.2. The van der Waals surface area contributed by atoms with E-state index in [1.54, 1.807) is 13.4 Å². The van der Waals surface area contributed by atoms with E-state index in [-0.39, 0.29) is 30.0 Å². The van der Waals surface area contributed by atoms with Crippen molar-refractivity contribution in [2.75, 3.05) is 39.8 Å². The van der Waals surface area contributed by atoms with E-state index in [2.05, 4.69) is 56.3 Å². The Morgan fingerprint density at radius 3 is 2.64 bits per heavy atom. The number of aryl methyl sites for hydroxylation is 1. The van der Waals surface area contributed by atoms with E-state index < -0.39 is 0 Å². The third-order valence-corrected chi connectivity index (χ3v) is 5.98. The fourth-order valence-electron chi connectivity index (χ4n) is 4.18. The van der Waals surface area contributed by atoms with Crippen molar-refractivity contribution >= 4 is 29.9 Å². The van der Waals surface area contributed by atoms with Crippen molar-refractivity contribution in [2.45, 2.75) is 58.5 Å². The van der Waals surface area contributed by atoms with Crippen molar-refractivity contribution in [2.24, 2.45) is 4.99 Å². The lowest BCUT2D eigenvalue weighted by atomic mass is 10.0. The molecule has 0 aliphatic carbocycles. The lowest BCUT2D eigenvalue weighted by molar-refractivity contribution is 0.245. The number of halogens is 1. The van der Waals surface area contributed by atoms with Crippen molar-refractivity contribution < 1.29 is 4.74 Å². The molecule has 184 valence electrons. The standard InChI is InChI=1S/C24H39N7O.HI/c1-4-6-13-25-24(26-14-17-31-19-28-29-23(31)5-2)27-18-21(30-15-9-10-16-30)20-11-7-8-12-22(20)32-3;/h7-8,11-12,19,21H,4-6,9-10,13-18H2,1-3H3,(H2,25,26,27);1H. The zero-order valence-electron chi connectivity index (χ0n) is 20.3. The number of benzene rings is 1. The number of nitrogens with zero attached hydrogens (tertiary/aromatic N) is 5. The molecule has 2 aromatic rings. The van der Waals surface area contributed by atoms with Gasteiger partial charge in [-0.2, -0.15) is 0 Å². The van der Waals surface area contributed by atoms with Gasteiger partial charge in [-0.15, -0.1) is 34.2 Å². The van der Waals surface area contributed by atoms with E-state index in [0.717, 1.165) is 69.5 Å². The van der Waals surface area contributed by atoms with Gasteiger partial charge in [-0.05, 0) is 38.4 Å². The number of ether oxygens (including phenoxy) is 1. The molecule has 0 radical (unpaired) electrons. The zero-order chi connectivity index (χ0) is 22.6. The van der Waals surface area contributed by atoms with E-state index in [4.69, 9.17) is 9.73 Å². The van der Waals surface area contributed by atoms with E-state index in [9.17, 15) is 0 Å². The van der Waals surface area contributed by atoms with Gasteiger partial charge in [0.25, 0.3) is 0 Å². The highest BCUT2D eigenvalue weighted by Gasteiger charge is 2.25. The quantitative estimate of drug-likeness (QED) is 0.176. The van der Waals surface area contributed by atoms with E-state index in [0.29, 0.717) is 6.54 Å². The molecule has 2 N–H and O–H groups in total. The Bertz CT molecular complexity index is 836. The highest BCUT2D eigenvalue weighted by Crippen LogP contribution is 2.31. The van der Waals surface area contributed by atoms with Crippen molar-refractivity contribution in [1.29, 1.82) is 0 Å². The summed E-state index contributed by atoms with van der Waals surface area (Å²) >= 11 is 0. The Hall–Kier alpha value is -1.88. The molecule has 3 rings (SSSR count). The number of hydrogen-bond donors (Lipinski definition) is 2. The van der Waals surface area contributed by atoms with Crippen LogP contribution in [0.4, 0.5) is 0 Å². The number of unbranched alkanes of at least 4 members (excludes halogenated alkanes) is 1. The van der Waals surface area contributed by atoms with Crippen molar-refractivity contribution in [3.63, 3.8) is 0 Å². The van der Waals surface area contributed by atoms with Gasteiger partial charge < -0.3 is 19.9 Å². The van der Waals surface area contributed by atoms with E-state index in [1.807, 2.05) is 12.1 Å². The van der Waals surface area contributed by atoms with Crippen LogP contribution in [0.2, 0.25) is 0 Å². The number of guanidine groups is 1. The minimum Gasteiger partial charge on any atom is -0.496 e. The van der Waals surface area contributed by atoms with Crippen LogP contribution in [0.25, 0.3) is 0 Å². The van der Waals surface area contributed by atoms with Crippen molar-refractivity contribution in [3.8, 4) is 5.75 Å². The number of nitrogens with one attached hydrogen (secondary N) is 2. The van der Waals surface area contributed by atoms with Crippen molar-refractivity contribution in [3.05, 3.63) is 42.0 Å². The average molecular weight is 570 g/mol. The summed E-state index contributed by atoms with van der Waals surface area (Å²) in [7, 11) is 1.75. The first-order valence-electron chi connectivity index (χ1n) is 12.0. The SMILES string of the molecule is CCCCNC(=NCC(c1ccccc1OC)N1CCCC1)NCCn1cnnc1CC.I. The number of hydrogen-bond acceptors (Lipinski definition) is 5. The van der Waals surface area contributed by atoms with E-state index >= 15 is 0 Å². The minimum absolute atomic E-state index is 0. The molecule has 1 atom stereocenters. The van der Waals surface area contributed by atoms with Gasteiger partial charge in [0.1, 0.15) is 17.9 Å². The third kappa shape index (κ3) is 8.13. The van der Waals surface area contributed by atoms with Gasteiger partial charge in [0.15, 0.2) is 5.96 Å². The summed E-state index contributed by atoms with van der Waals surface area (Å²) in [5.74, 6) is 2.81. The smallest absolute Gasteiger partial charge is 0.191 e. The van der Waals surface area contributed by atoms with Crippen LogP contribution in [0, 0.1) is 0 Å². The first-order valence-corrected chi connectivity index (χ1v) is 12.0. The Morgan fingerprint density at radius 1 is 1.15 bits per heavy atom. The maximum absolute atomic E-state index is 5.68. The van der Waals surface area contributed by atoms with Crippen LogP contribution in [0.5, 0.6) is 5.75 Å². The molecule has 1 aliphatic heterocycles. The first-order chi connectivity index (χ1) is 15.8. The van der Waals surface area contributed by atoms with Crippen LogP contribution in [0.3, 0.4) is 0 Å². The summed E-state index contributed by atoms with van der Waals surface area (Å²) in [5, 5.41) is 15.2. The number of aliphatic imine (C=N–C) groups is 1. The van der Waals surface area contributed by atoms with Crippen LogP contribution in [0.15, 0.2) is 35.6 Å². The van der Waals surface area contributed by atoms with Gasteiger partial charge in [-0.1, -0.05) is 38.5 Å². The summed E-state index contributed by atoms with van der Waals surface area (Å²) < 4.78 is 7.77. The maximum atomic E-state index is 5.68. The predicted molar refractivity (Wildman–Crippen MR) is 145 cm³/mol. The molecule has 0 amide bonds. The van der Waals surface area contributed by atoms with Crippen LogP contribution in [-0.2, 0) is 13.0 Å². The Labute approximate surface area is 215 Å². The summed E-state index contributed by atoms with van der Waals surface area (Å²) in [6, 6.07) is 8.55. The number of para-hydroxylation sites is 1. The number of methoxy groups -OCH3 is 1. The Kier molecular flexibility index (Phi) is 12.5. The molecule has 1 aromatic heterocycles. The molecule has 1 aromatic carbocycles. The van der Waals surface area contributed by atoms with Gasteiger partial charge in [-0.3, -0.25) is 9.89 Å². The number of likely N-dealkylation sites (tertiary alicyclic amines) is 1. The first kappa shape index (κ1) is 27.4. The van der Waals surface area contributed by atoms with Crippen molar-refractivity contribution in [1.82, 2.24) is 30.3 Å². The zero-order valence-corrected chi connectivity index (χ0v) is 22.6. The average Bonchev–Trinajstić information content (AvgIpc) is 3.51. The van der Waals surface area contributed by atoms with Gasteiger partial charge in [0.2, 0.25) is 0 Å². The van der Waals surface area contributed by atoms with Gasteiger partial charge >= 0.3 is 0 Å². The molecule has 0 saturated carbocycles. The monoisotopic (exact) mass is 569 g/mol. The highest BCUT2D eigenvalue weighted by molar-refractivity contribution is 14.0. The van der Waals surface area contributed by atoms with Gasteiger partial charge in [0.05, 0.1) is 19.7 Å². The predicted octanol–water partition coefficient (Wildman–Crippen LogP) is 3.64. The van der Waals surface area contributed by atoms with Gasteiger partial charge in [0, 0.05) is 31.6 Å². The summed E-state index contributed by atoms with van der Waals surface area (Å²) in [6.07, 6.45) is 7.44. The molecule has 1 unspecified atom stereocenters.